The van der Waals surface area contributed by atoms with Crippen molar-refractivity contribution in [3.63, 3.8) is 0 Å². The number of hydrogen-bond acceptors (Lipinski definition) is 5. The summed E-state index contributed by atoms with van der Waals surface area (Å²) in [6, 6.07) is 12.1. The Hall–Kier alpha value is -3.05. The number of methoxy groups -OCH3 is 1. The maximum absolute atomic E-state index is 14.3. The number of benzene rings is 2. The minimum atomic E-state index is -1.99. The molecule has 1 unspecified atom stereocenters. The van der Waals surface area contributed by atoms with Crippen molar-refractivity contribution in [3.8, 4) is 6.07 Å². The first-order chi connectivity index (χ1) is 13.4. The van der Waals surface area contributed by atoms with Gasteiger partial charge in [-0.05, 0) is 23.8 Å². The quantitative estimate of drug-likeness (QED) is 0.410. The monoisotopic (exact) mass is 444 g/mol. The van der Waals surface area contributed by atoms with Crippen LogP contribution in [0.3, 0.4) is 0 Å². The Morgan fingerprint density at radius 2 is 2.00 bits per heavy atom. The average Bonchev–Trinajstić information content (AvgIpc) is 2.69. The highest BCUT2D eigenvalue weighted by Crippen LogP contribution is 2.39. The average molecular weight is 445 g/mol. The Morgan fingerprint density at radius 1 is 1.29 bits per heavy atom. The van der Waals surface area contributed by atoms with Crippen LogP contribution in [-0.4, -0.2) is 29.8 Å². The van der Waals surface area contributed by atoms with Gasteiger partial charge in [-0.25, -0.2) is 4.39 Å². The fraction of sp³-hybridized carbons (Fsp3) is 0.200. The summed E-state index contributed by atoms with van der Waals surface area (Å²) in [5, 5.41) is 9.31. The zero-order chi connectivity index (χ0) is 20.5. The predicted octanol–water partition coefficient (Wildman–Crippen LogP) is 3.10. The largest absolute Gasteiger partial charge is 0.468 e. The van der Waals surface area contributed by atoms with E-state index in [1.54, 1.807) is 18.2 Å². The van der Waals surface area contributed by atoms with Gasteiger partial charge in [0, 0.05) is 15.6 Å². The van der Waals surface area contributed by atoms with Crippen molar-refractivity contribution in [3.05, 3.63) is 69.4 Å². The minimum Gasteiger partial charge on any atom is -0.468 e. The van der Waals surface area contributed by atoms with Crippen LogP contribution in [0.25, 0.3) is 0 Å². The molecule has 1 aliphatic rings. The van der Waals surface area contributed by atoms with Crippen LogP contribution >= 0.6 is 15.9 Å². The highest BCUT2D eigenvalue weighted by atomic mass is 79.9. The van der Waals surface area contributed by atoms with Crippen LogP contribution < -0.4 is 0 Å². The van der Waals surface area contributed by atoms with Gasteiger partial charge in [0.15, 0.2) is 5.41 Å². The SMILES string of the molecule is COC(=O)C1(CC#N)C(=O)N(Cc2ccc(Br)cc2F)C(=O)c2ccccc21. The number of ether oxygens (including phenoxy) is 1. The van der Waals surface area contributed by atoms with Gasteiger partial charge < -0.3 is 4.74 Å². The van der Waals surface area contributed by atoms with Gasteiger partial charge in [-0.1, -0.05) is 40.2 Å². The van der Waals surface area contributed by atoms with Crippen LogP contribution in [0, 0.1) is 17.1 Å². The third-order valence-corrected chi connectivity index (χ3v) is 5.19. The van der Waals surface area contributed by atoms with Crippen molar-refractivity contribution in [1.82, 2.24) is 4.90 Å². The van der Waals surface area contributed by atoms with Crippen LogP contribution in [0.15, 0.2) is 46.9 Å². The summed E-state index contributed by atoms with van der Waals surface area (Å²) in [4.78, 5) is 39.7. The molecule has 2 aromatic rings. The van der Waals surface area contributed by atoms with Gasteiger partial charge in [-0.15, -0.1) is 0 Å². The number of esters is 1. The number of halogens is 2. The molecule has 0 N–H and O–H groups in total. The Labute approximate surface area is 168 Å². The number of carbonyl (C=O) groups is 3. The number of rotatable bonds is 4. The molecule has 1 aliphatic heterocycles. The highest BCUT2D eigenvalue weighted by Gasteiger charge is 2.56. The molecule has 0 fully saturated rings. The zero-order valence-corrected chi connectivity index (χ0v) is 16.3. The predicted molar refractivity (Wildman–Crippen MR) is 99.3 cm³/mol. The number of imide groups is 1. The maximum Gasteiger partial charge on any atom is 0.327 e. The highest BCUT2D eigenvalue weighted by molar-refractivity contribution is 9.10. The van der Waals surface area contributed by atoms with E-state index in [2.05, 4.69) is 15.9 Å². The van der Waals surface area contributed by atoms with Gasteiger partial charge in [0.1, 0.15) is 5.82 Å². The first-order valence-corrected chi connectivity index (χ1v) is 9.01. The van der Waals surface area contributed by atoms with Crippen molar-refractivity contribution in [2.24, 2.45) is 0 Å². The third kappa shape index (κ3) is 2.98. The molecular weight excluding hydrogens is 431 g/mol. The van der Waals surface area contributed by atoms with Gasteiger partial charge in [0.05, 0.1) is 26.1 Å². The molecule has 28 heavy (non-hydrogen) atoms. The van der Waals surface area contributed by atoms with Gasteiger partial charge >= 0.3 is 5.97 Å². The lowest BCUT2D eigenvalue weighted by molar-refractivity contribution is -0.156. The molecule has 0 saturated heterocycles. The summed E-state index contributed by atoms with van der Waals surface area (Å²) in [7, 11) is 1.10. The van der Waals surface area contributed by atoms with Crippen LogP contribution in [0.4, 0.5) is 4.39 Å². The van der Waals surface area contributed by atoms with Crippen molar-refractivity contribution in [1.29, 1.82) is 5.26 Å². The Balaban J connectivity index is 2.18. The summed E-state index contributed by atoms with van der Waals surface area (Å²) in [6.07, 6.45) is -0.512. The normalized spacial score (nSPS) is 18.4. The first-order valence-electron chi connectivity index (χ1n) is 8.22. The smallest absolute Gasteiger partial charge is 0.327 e. The molecule has 0 spiro atoms. The molecule has 0 aliphatic carbocycles. The topological polar surface area (TPSA) is 87.5 Å². The van der Waals surface area contributed by atoms with E-state index < -0.39 is 35.4 Å². The molecular formula is C20H14BrFN2O4. The second-order valence-corrected chi connectivity index (χ2v) is 7.13. The van der Waals surface area contributed by atoms with E-state index in [-0.39, 0.29) is 23.2 Å². The van der Waals surface area contributed by atoms with Gasteiger partial charge in [0.25, 0.3) is 11.8 Å². The summed E-state index contributed by atoms with van der Waals surface area (Å²) >= 11 is 3.15. The first kappa shape index (κ1) is 19.7. The maximum atomic E-state index is 14.3. The Kier molecular flexibility index (Phi) is 5.29. The number of fused-ring (bicyclic) bond motifs is 1. The van der Waals surface area contributed by atoms with Crippen LogP contribution in [-0.2, 0) is 26.3 Å². The molecule has 6 nitrogen and oxygen atoms in total. The number of nitrogens with zero attached hydrogens (tertiary/aromatic N) is 2. The fourth-order valence-electron chi connectivity index (χ4n) is 3.32. The zero-order valence-electron chi connectivity index (χ0n) is 14.7. The number of amides is 2. The van der Waals surface area contributed by atoms with Gasteiger partial charge in [-0.3, -0.25) is 19.3 Å². The Morgan fingerprint density at radius 3 is 2.64 bits per heavy atom. The second kappa shape index (κ2) is 7.52. The fourth-order valence-corrected chi connectivity index (χ4v) is 3.66. The molecule has 142 valence electrons. The lowest BCUT2D eigenvalue weighted by atomic mass is 9.72. The summed E-state index contributed by atoms with van der Waals surface area (Å²) in [6.45, 7) is -0.380. The second-order valence-electron chi connectivity index (χ2n) is 6.21. The number of carbonyl (C=O) groups excluding carboxylic acids is 3. The third-order valence-electron chi connectivity index (χ3n) is 4.69. The summed E-state index contributed by atoms with van der Waals surface area (Å²) in [5.41, 5.74) is -1.67. The van der Waals surface area contributed by atoms with Gasteiger partial charge in [-0.2, -0.15) is 5.26 Å². The molecule has 1 atom stereocenters. The van der Waals surface area contributed by atoms with Crippen molar-refractivity contribution in [2.75, 3.05) is 7.11 Å². The molecule has 0 saturated carbocycles. The van der Waals surface area contributed by atoms with E-state index in [4.69, 9.17) is 4.74 Å². The van der Waals surface area contributed by atoms with Gasteiger partial charge in [0.2, 0.25) is 0 Å². The number of hydrogen-bond donors (Lipinski definition) is 0. The summed E-state index contributed by atoms with van der Waals surface area (Å²) < 4.78 is 19.6. The van der Waals surface area contributed by atoms with Crippen LogP contribution in [0.1, 0.15) is 27.9 Å². The molecule has 2 aromatic carbocycles. The van der Waals surface area contributed by atoms with Crippen LogP contribution in [0.5, 0.6) is 0 Å². The molecule has 0 radical (unpaired) electrons. The lowest BCUT2D eigenvalue weighted by Gasteiger charge is -2.38. The van der Waals surface area contributed by atoms with Crippen molar-refractivity contribution >= 4 is 33.7 Å². The van der Waals surface area contributed by atoms with Crippen molar-refractivity contribution in [2.45, 2.75) is 18.4 Å². The van der Waals surface area contributed by atoms with E-state index in [1.165, 1.54) is 24.3 Å². The number of nitriles is 1. The van der Waals surface area contributed by atoms with Crippen molar-refractivity contribution < 1.29 is 23.5 Å². The standard InChI is InChI=1S/C20H14BrFN2O4/c1-28-19(27)20(8-9-23)15-5-3-2-4-14(15)17(25)24(18(20)26)11-12-6-7-13(21)10-16(12)22/h2-7,10H,8,11H2,1H3. The molecule has 3 rings (SSSR count). The Bertz CT molecular complexity index is 1030. The van der Waals surface area contributed by atoms with E-state index in [0.29, 0.717) is 4.47 Å². The lowest BCUT2D eigenvalue weighted by Crippen LogP contribution is -2.58. The molecule has 2 amide bonds. The minimum absolute atomic E-state index is 0.0972. The van der Waals surface area contributed by atoms with E-state index >= 15 is 0 Å². The molecule has 0 aromatic heterocycles. The van der Waals surface area contributed by atoms with E-state index in [1.807, 2.05) is 6.07 Å². The summed E-state index contributed by atoms with van der Waals surface area (Å²) in [5.74, 6) is -3.13. The van der Waals surface area contributed by atoms with Crippen LogP contribution in [0.2, 0.25) is 0 Å². The molecule has 0 bridgehead atoms. The molecule has 1 heterocycles. The van der Waals surface area contributed by atoms with E-state index in [0.717, 1.165) is 12.0 Å². The van der Waals surface area contributed by atoms with E-state index in [9.17, 15) is 24.0 Å². The molecule has 8 heteroatoms.